The summed E-state index contributed by atoms with van der Waals surface area (Å²) in [7, 11) is 1.61. The number of ether oxygens (including phenoxy) is 1. The molecule has 1 heterocycles. The van der Waals surface area contributed by atoms with Crippen LogP contribution in [-0.2, 0) is 0 Å². The van der Waals surface area contributed by atoms with E-state index in [2.05, 4.69) is 23.7 Å². The fourth-order valence-corrected chi connectivity index (χ4v) is 1.73. The first kappa shape index (κ1) is 14.3. The summed E-state index contributed by atoms with van der Waals surface area (Å²) in [4.78, 5) is 6.30. The van der Waals surface area contributed by atoms with Crippen molar-refractivity contribution in [3.63, 3.8) is 0 Å². The van der Waals surface area contributed by atoms with Crippen LogP contribution in [0.1, 0.15) is 20.3 Å². The molecular weight excluding hydrogens is 228 g/mol. The van der Waals surface area contributed by atoms with E-state index in [-0.39, 0.29) is 5.84 Å². The second-order valence-corrected chi connectivity index (χ2v) is 4.67. The molecule has 5 nitrogen and oxygen atoms in total. The van der Waals surface area contributed by atoms with Gasteiger partial charge in [0.15, 0.2) is 0 Å². The number of rotatable bonds is 7. The number of nitrogens with zero attached hydrogens (tertiary/aromatic N) is 2. The van der Waals surface area contributed by atoms with Crippen molar-refractivity contribution in [3.8, 4) is 5.88 Å². The van der Waals surface area contributed by atoms with E-state index in [1.54, 1.807) is 13.3 Å². The van der Waals surface area contributed by atoms with Crippen LogP contribution in [-0.4, -0.2) is 31.0 Å². The van der Waals surface area contributed by atoms with Crippen LogP contribution in [0.2, 0.25) is 0 Å². The molecule has 1 aromatic rings. The summed E-state index contributed by atoms with van der Waals surface area (Å²) in [6, 6.07) is 3.85. The van der Waals surface area contributed by atoms with Crippen molar-refractivity contribution >= 4 is 11.5 Å². The minimum atomic E-state index is 0.213. The number of nitrogens with one attached hydrogen (secondary N) is 1. The molecule has 1 aromatic heterocycles. The molecular formula is C13H22N4O. The van der Waals surface area contributed by atoms with Crippen LogP contribution in [0.4, 0.5) is 5.69 Å². The van der Waals surface area contributed by atoms with Gasteiger partial charge in [0, 0.05) is 37.5 Å². The van der Waals surface area contributed by atoms with E-state index in [4.69, 9.17) is 15.9 Å². The fraction of sp³-hybridized carbons (Fsp3) is 0.538. The number of methoxy groups -OCH3 is 1. The Morgan fingerprint density at radius 2 is 2.28 bits per heavy atom. The molecule has 1 rings (SSSR count). The van der Waals surface area contributed by atoms with Crippen molar-refractivity contribution < 1.29 is 4.74 Å². The van der Waals surface area contributed by atoms with Gasteiger partial charge in [0.25, 0.3) is 0 Å². The fourth-order valence-electron chi connectivity index (χ4n) is 1.73. The van der Waals surface area contributed by atoms with Gasteiger partial charge in [-0.2, -0.15) is 0 Å². The van der Waals surface area contributed by atoms with Crippen molar-refractivity contribution in [2.45, 2.75) is 20.3 Å². The Morgan fingerprint density at radius 3 is 2.83 bits per heavy atom. The first-order valence-electron chi connectivity index (χ1n) is 6.10. The van der Waals surface area contributed by atoms with E-state index >= 15 is 0 Å². The molecule has 0 radical (unpaired) electrons. The normalized spacial score (nSPS) is 10.4. The van der Waals surface area contributed by atoms with Gasteiger partial charge in [-0.05, 0) is 12.0 Å². The molecule has 0 unspecified atom stereocenters. The second-order valence-electron chi connectivity index (χ2n) is 4.67. The lowest BCUT2D eigenvalue weighted by Crippen LogP contribution is -2.31. The van der Waals surface area contributed by atoms with Crippen molar-refractivity contribution in [2.24, 2.45) is 11.7 Å². The third-order valence-electron chi connectivity index (χ3n) is 2.53. The molecule has 0 bridgehead atoms. The minimum Gasteiger partial charge on any atom is -0.481 e. The highest BCUT2D eigenvalue weighted by Gasteiger charge is 2.10. The Bertz CT molecular complexity index is 392. The molecule has 0 aromatic carbocycles. The maximum absolute atomic E-state index is 7.33. The smallest absolute Gasteiger partial charge is 0.214 e. The molecule has 18 heavy (non-hydrogen) atoms. The van der Waals surface area contributed by atoms with Crippen molar-refractivity contribution in [1.82, 2.24) is 4.98 Å². The highest BCUT2D eigenvalue weighted by molar-refractivity contribution is 5.77. The lowest BCUT2D eigenvalue weighted by Gasteiger charge is -2.26. The van der Waals surface area contributed by atoms with Gasteiger partial charge in [0.05, 0.1) is 12.9 Å². The second kappa shape index (κ2) is 6.83. The molecule has 0 spiro atoms. The number of amidine groups is 1. The van der Waals surface area contributed by atoms with Crippen molar-refractivity contribution in [3.05, 3.63) is 18.3 Å². The summed E-state index contributed by atoms with van der Waals surface area (Å²) < 4.78 is 5.13. The Kier molecular flexibility index (Phi) is 5.42. The number of hydrogen-bond acceptors (Lipinski definition) is 4. The number of nitrogens with two attached hydrogens (primary N) is 1. The predicted octanol–water partition coefficient (Wildman–Crippen LogP) is 1.88. The van der Waals surface area contributed by atoms with E-state index in [9.17, 15) is 0 Å². The lowest BCUT2D eigenvalue weighted by molar-refractivity contribution is 0.398. The van der Waals surface area contributed by atoms with Crippen LogP contribution in [0, 0.1) is 11.3 Å². The molecule has 0 aliphatic carbocycles. The van der Waals surface area contributed by atoms with Crippen molar-refractivity contribution in [2.75, 3.05) is 25.1 Å². The minimum absolute atomic E-state index is 0.213. The van der Waals surface area contributed by atoms with E-state index < -0.39 is 0 Å². The first-order chi connectivity index (χ1) is 8.52. The zero-order valence-corrected chi connectivity index (χ0v) is 11.3. The zero-order valence-electron chi connectivity index (χ0n) is 11.3. The van der Waals surface area contributed by atoms with Gasteiger partial charge >= 0.3 is 0 Å². The molecule has 0 saturated heterocycles. The van der Waals surface area contributed by atoms with Gasteiger partial charge in [-0.15, -0.1) is 0 Å². The molecule has 3 N–H and O–H groups in total. The highest BCUT2D eigenvalue weighted by Crippen LogP contribution is 2.19. The van der Waals surface area contributed by atoms with Gasteiger partial charge < -0.3 is 15.4 Å². The number of hydrogen-bond donors (Lipinski definition) is 2. The molecule has 0 aliphatic heterocycles. The maximum atomic E-state index is 7.33. The van der Waals surface area contributed by atoms with Crippen LogP contribution in [0.25, 0.3) is 0 Å². The number of aromatic nitrogens is 1. The Morgan fingerprint density at radius 1 is 1.56 bits per heavy atom. The van der Waals surface area contributed by atoms with Crippen LogP contribution in [0.3, 0.4) is 0 Å². The van der Waals surface area contributed by atoms with Gasteiger partial charge in [-0.1, -0.05) is 13.8 Å². The van der Waals surface area contributed by atoms with Gasteiger partial charge in [0.1, 0.15) is 0 Å². The van der Waals surface area contributed by atoms with Crippen LogP contribution in [0.5, 0.6) is 5.88 Å². The van der Waals surface area contributed by atoms with E-state index in [1.807, 2.05) is 12.1 Å². The van der Waals surface area contributed by atoms with Gasteiger partial charge in [-0.25, -0.2) is 4.98 Å². The summed E-state index contributed by atoms with van der Waals surface area (Å²) in [6.45, 7) is 5.99. The summed E-state index contributed by atoms with van der Waals surface area (Å²) in [5.41, 5.74) is 6.48. The molecule has 100 valence electrons. The third-order valence-corrected chi connectivity index (χ3v) is 2.53. The average molecular weight is 250 g/mol. The van der Waals surface area contributed by atoms with E-state index in [1.165, 1.54) is 0 Å². The zero-order chi connectivity index (χ0) is 13.5. The molecule has 0 amide bonds. The van der Waals surface area contributed by atoms with Crippen molar-refractivity contribution in [1.29, 1.82) is 5.41 Å². The lowest BCUT2D eigenvalue weighted by atomic mass is 10.2. The van der Waals surface area contributed by atoms with E-state index in [0.717, 1.165) is 18.8 Å². The summed E-state index contributed by atoms with van der Waals surface area (Å²) >= 11 is 0. The number of anilines is 1. The quantitative estimate of drug-likeness (QED) is 0.572. The van der Waals surface area contributed by atoms with Gasteiger partial charge in [0.2, 0.25) is 5.88 Å². The predicted molar refractivity (Wildman–Crippen MR) is 74.4 cm³/mol. The standard InChI is InChI=1S/C13H22N4O/c1-10(2)9-17(7-5-12(14)15)11-4-6-16-13(8-11)18-3/h4,6,8,10H,5,7,9H2,1-3H3,(H3,14,15). The monoisotopic (exact) mass is 250 g/mol. The SMILES string of the molecule is COc1cc(N(CCC(=N)N)CC(C)C)ccn1. The largest absolute Gasteiger partial charge is 0.481 e. The molecule has 0 atom stereocenters. The topological polar surface area (TPSA) is 75.2 Å². The summed E-state index contributed by atoms with van der Waals surface area (Å²) in [6.07, 6.45) is 2.30. The molecule has 0 aliphatic rings. The first-order valence-corrected chi connectivity index (χ1v) is 6.10. The molecule has 0 fully saturated rings. The van der Waals surface area contributed by atoms with E-state index in [0.29, 0.717) is 18.2 Å². The van der Waals surface area contributed by atoms with Crippen LogP contribution < -0.4 is 15.4 Å². The summed E-state index contributed by atoms with van der Waals surface area (Å²) in [5, 5.41) is 7.33. The Balaban J connectivity index is 2.82. The third kappa shape index (κ3) is 4.61. The van der Waals surface area contributed by atoms with Crippen LogP contribution >= 0.6 is 0 Å². The average Bonchev–Trinajstić information content (AvgIpc) is 2.34. The van der Waals surface area contributed by atoms with Crippen LogP contribution in [0.15, 0.2) is 18.3 Å². The van der Waals surface area contributed by atoms with Gasteiger partial charge in [-0.3, -0.25) is 5.41 Å². The highest BCUT2D eigenvalue weighted by atomic mass is 16.5. The summed E-state index contributed by atoms with van der Waals surface area (Å²) in [5.74, 6) is 1.35. The Labute approximate surface area is 108 Å². The number of pyridine rings is 1. The maximum Gasteiger partial charge on any atom is 0.214 e. The molecule has 5 heteroatoms. The Hall–Kier alpha value is -1.78. The molecule has 0 saturated carbocycles.